The Morgan fingerprint density at radius 3 is 2.50 bits per heavy atom. The van der Waals surface area contributed by atoms with E-state index in [-0.39, 0.29) is 34.8 Å². The van der Waals surface area contributed by atoms with Gasteiger partial charge in [0.05, 0.1) is 18.8 Å². The summed E-state index contributed by atoms with van der Waals surface area (Å²) < 4.78 is 9.55. The number of ether oxygens (including phenoxy) is 1. The monoisotopic (exact) mass is 527 g/mol. The molecule has 1 aromatic carbocycles. The number of anilines is 1. The fraction of sp³-hybridized carbons (Fsp3) is 0.360. The van der Waals surface area contributed by atoms with E-state index in [0.717, 1.165) is 42.1 Å². The zero-order chi connectivity index (χ0) is 25.7. The predicted octanol–water partition coefficient (Wildman–Crippen LogP) is 3.73. The van der Waals surface area contributed by atoms with Gasteiger partial charge in [0, 0.05) is 10.9 Å². The van der Waals surface area contributed by atoms with Crippen LogP contribution in [-0.4, -0.2) is 39.6 Å². The van der Waals surface area contributed by atoms with Gasteiger partial charge in [0.25, 0.3) is 11.8 Å². The average Bonchev–Trinajstić information content (AvgIpc) is 3.62. The average molecular weight is 528 g/mol. The number of nitrogens with zero attached hydrogens (tertiary/aromatic N) is 2. The molecule has 36 heavy (non-hydrogen) atoms. The molecule has 4 rings (SSSR count). The number of rotatable bonds is 10. The van der Waals surface area contributed by atoms with Gasteiger partial charge in [-0.25, -0.2) is 0 Å². The summed E-state index contributed by atoms with van der Waals surface area (Å²) in [5.41, 5.74) is 11.9. The second-order valence-electron chi connectivity index (χ2n) is 8.55. The van der Waals surface area contributed by atoms with Crippen LogP contribution in [0.3, 0.4) is 0 Å². The summed E-state index contributed by atoms with van der Waals surface area (Å²) in [6.45, 7) is 2.59. The zero-order valence-corrected chi connectivity index (χ0v) is 21.6. The number of amides is 3. The molecule has 11 heteroatoms. The number of primary amides is 1. The summed E-state index contributed by atoms with van der Waals surface area (Å²) in [5.74, 6) is -0.902. The first-order chi connectivity index (χ1) is 17.4. The van der Waals surface area contributed by atoms with Gasteiger partial charge in [0.15, 0.2) is 5.69 Å². The third kappa shape index (κ3) is 5.68. The van der Waals surface area contributed by atoms with Crippen LogP contribution < -0.4 is 21.5 Å². The van der Waals surface area contributed by atoms with Gasteiger partial charge < -0.3 is 26.4 Å². The fourth-order valence-electron chi connectivity index (χ4n) is 4.35. The number of carbonyl (C=O) groups is 3. The van der Waals surface area contributed by atoms with E-state index in [1.54, 1.807) is 24.3 Å². The highest BCUT2D eigenvalue weighted by molar-refractivity contribution is 7.10. The van der Waals surface area contributed by atoms with E-state index < -0.39 is 17.9 Å². The Kier molecular flexibility index (Phi) is 8.21. The van der Waals surface area contributed by atoms with Crippen LogP contribution in [0.2, 0.25) is 0 Å². The number of nitrogens with one attached hydrogen (secondary N) is 1. The van der Waals surface area contributed by atoms with E-state index >= 15 is 0 Å². The van der Waals surface area contributed by atoms with Gasteiger partial charge in [-0.3, -0.25) is 14.4 Å². The minimum atomic E-state index is -0.936. The van der Waals surface area contributed by atoms with Crippen molar-refractivity contribution in [3.8, 4) is 5.75 Å². The van der Waals surface area contributed by atoms with E-state index in [1.165, 1.54) is 16.2 Å². The van der Waals surface area contributed by atoms with Gasteiger partial charge in [-0.1, -0.05) is 31.0 Å². The SMILES string of the molecule is CCOc1ccc([C@H](C(=O)NC2CCCC2)N(Cc2cccs2)C(=O)c2snc(C(N)=O)c2N)cc1. The quantitative estimate of drug-likeness (QED) is 0.367. The number of hydrogen-bond acceptors (Lipinski definition) is 8. The van der Waals surface area contributed by atoms with Crippen LogP contribution in [0.25, 0.3) is 0 Å². The maximum absolute atomic E-state index is 13.9. The summed E-state index contributed by atoms with van der Waals surface area (Å²) in [7, 11) is 0. The van der Waals surface area contributed by atoms with Crippen molar-refractivity contribution >= 4 is 46.3 Å². The van der Waals surface area contributed by atoms with Crippen LogP contribution in [0.1, 0.15) is 69.2 Å². The fourth-order valence-corrected chi connectivity index (χ4v) is 5.81. The van der Waals surface area contributed by atoms with Gasteiger partial charge in [-0.15, -0.1) is 11.3 Å². The Morgan fingerprint density at radius 2 is 1.92 bits per heavy atom. The second-order valence-corrected chi connectivity index (χ2v) is 10.4. The lowest BCUT2D eigenvalue weighted by molar-refractivity contribution is -0.126. The first kappa shape index (κ1) is 25.6. The Bertz CT molecular complexity index is 1200. The number of benzene rings is 1. The van der Waals surface area contributed by atoms with E-state index in [9.17, 15) is 14.4 Å². The third-order valence-corrected chi connectivity index (χ3v) is 7.80. The molecule has 2 aromatic heterocycles. The minimum Gasteiger partial charge on any atom is -0.494 e. The molecule has 5 N–H and O–H groups in total. The van der Waals surface area contributed by atoms with E-state index in [4.69, 9.17) is 16.2 Å². The lowest BCUT2D eigenvalue weighted by Crippen LogP contribution is -2.45. The smallest absolute Gasteiger partial charge is 0.270 e. The maximum atomic E-state index is 13.9. The van der Waals surface area contributed by atoms with Crippen LogP contribution in [0.5, 0.6) is 5.75 Å². The molecular weight excluding hydrogens is 498 g/mol. The molecule has 0 radical (unpaired) electrons. The van der Waals surface area contributed by atoms with Crippen LogP contribution in [-0.2, 0) is 11.3 Å². The van der Waals surface area contributed by atoms with Gasteiger partial charge in [0.2, 0.25) is 5.91 Å². The van der Waals surface area contributed by atoms with Crippen LogP contribution in [0.4, 0.5) is 5.69 Å². The Hall–Kier alpha value is -3.44. The lowest BCUT2D eigenvalue weighted by Gasteiger charge is -2.32. The molecule has 0 spiro atoms. The van der Waals surface area contributed by atoms with Gasteiger partial charge in [0.1, 0.15) is 16.7 Å². The molecular formula is C25H29N5O4S2. The third-order valence-electron chi connectivity index (χ3n) is 6.09. The molecule has 0 bridgehead atoms. The van der Waals surface area contributed by atoms with Gasteiger partial charge in [-0.2, -0.15) is 4.37 Å². The van der Waals surface area contributed by atoms with Crippen molar-refractivity contribution in [1.82, 2.24) is 14.6 Å². The van der Waals surface area contributed by atoms with Crippen molar-refractivity contribution in [1.29, 1.82) is 0 Å². The summed E-state index contributed by atoms with van der Waals surface area (Å²) in [6, 6.07) is 10.1. The molecule has 2 heterocycles. The predicted molar refractivity (Wildman–Crippen MR) is 140 cm³/mol. The highest BCUT2D eigenvalue weighted by Gasteiger charge is 2.36. The number of nitrogen functional groups attached to an aromatic ring is 1. The van der Waals surface area contributed by atoms with Crippen molar-refractivity contribution in [2.75, 3.05) is 12.3 Å². The van der Waals surface area contributed by atoms with E-state index in [0.29, 0.717) is 17.9 Å². The van der Waals surface area contributed by atoms with E-state index in [2.05, 4.69) is 9.69 Å². The second kappa shape index (κ2) is 11.5. The molecule has 1 aliphatic rings. The number of nitrogens with two attached hydrogens (primary N) is 2. The van der Waals surface area contributed by atoms with Crippen LogP contribution >= 0.6 is 22.9 Å². The Balaban J connectivity index is 1.76. The standard InChI is InChI=1S/C25H29N5O4S2/c1-2-34-17-11-9-15(10-12-17)21(24(32)28-16-6-3-4-7-16)30(14-18-8-5-13-35-18)25(33)22-19(26)20(23(27)31)29-36-22/h5,8-13,16,21H,2-4,6-7,14,26H2,1H3,(H2,27,31)(H,28,32)/t21-/m1/s1. The van der Waals surface area contributed by atoms with Gasteiger partial charge >= 0.3 is 0 Å². The van der Waals surface area contributed by atoms with Crippen molar-refractivity contribution < 1.29 is 19.1 Å². The normalized spacial score (nSPS) is 14.4. The molecule has 3 aromatic rings. The molecule has 1 atom stereocenters. The Labute approximate surface area is 217 Å². The van der Waals surface area contributed by atoms with Crippen molar-refractivity contribution in [2.24, 2.45) is 5.73 Å². The first-order valence-electron chi connectivity index (χ1n) is 11.8. The molecule has 1 aliphatic carbocycles. The minimum absolute atomic E-state index is 0.0660. The summed E-state index contributed by atoms with van der Waals surface area (Å²) in [4.78, 5) is 41.9. The number of aromatic nitrogens is 1. The first-order valence-corrected chi connectivity index (χ1v) is 13.5. The van der Waals surface area contributed by atoms with Crippen molar-refractivity contribution in [3.63, 3.8) is 0 Å². The number of thiophene rings is 1. The maximum Gasteiger partial charge on any atom is 0.270 e. The zero-order valence-electron chi connectivity index (χ0n) is 19.9. The largest absolute Gasteiger partial charge is 0.494 e. The molecule has 3 amide bonds. The number of carbonyl (C=O) groups excluding carboxylic acids is 3. The Morgan fingerprint density at radius 1 is 1.19 bits per heavy atom. The summed E-state index contributed by atoms with van der Waals surface area (Å²) in [6.07, 6.45) is 3.93. The molecule has 0 saturated heterocycles. The molecule has 1 fully saturated rings. The van der Waals surface area contributed by atoms with Gasteiger partial charge in [-0.05, 0) is 60.4 Å². The molecule has 0 unspecified atom stereocenters. The summed E-state index contributed by atoms with van der Waals surface area (Å²) in [5, 5.41) is 5.05. The van der Waals surface area contributed by atoms with Crippen LogP contribution in [0, 0.1) is 0 Å². The van der Waals surface area contributed by atoms with Crippen molar-refractivity contribution in [2.45, 2.75) is 51.2 Å². The van der Waals surface area contributed by atoms with Crippen molar-refractivity contribution in [3.05, 3.63) is 62.8 Å². The topological polar surface area (TPSA) is 141 Å². The molecule has 190 valence electrons. The molecule has 0 aliphatic heterocycles. The lowest BCUT2D eigenvalue weighted by atomic mass is 10.0. The van der Waals surface area contributed by atoms with Crippen LogP contribution in [0.15, 0.2) is 41.8 Å². The number of hydrogen-bond donors (Lipinski definition) is 3. The molecule has 9 nitrogen and oxygen atoms in total. The highest BCUT2D eigenvalue weighted by Crippen LogP contribution is 2.32. The summed E-state index contributed by atoms with van der Waals surface area (Å²) >= 11 is 2.29. The highest BCUT2D eigenvalue weighted by atomic mass is 32.1. The molecule has 1 saturated carbocycles. The van der Waals surface area contributed by atoms with E-state index in [1.807, 2.05) is 24.4 Å².